The van der Waals surface area contributed by atoms with Gasteiger partial charge in [0.25, 0.3) is 0 Å². The maximum Gasteiger partial charge on any atom is 0.0541 e. The van der Waals surface area contributed by atoms with Crippen LogP contribution in [0.25, 0.3) is 132 Å². The summed E-state index contributed by atoms with van der Waals surface area (Å²) in [5, 5.41) is 10.1. The first-order valence-corrected chi connectivity index (χ1v) is 22.2. The molecule has 0 bridgehead atoms. The lowest BCUT2D eigenvalue weighted by molar-refractivity contribution is 1.18. The molecule has 2 aromatic heterocycles. The number of fused-ring (bicyclic) bond motifs is 10. The Morgan fingerprint density at radius 1 is 0.219 bits per heavy atom. The van der Waals surface area contributed by atoms with Crippen molar-refractivity contribution in [3.63, 3.8) is 0 Å². The second-order valence-corrected chi connectivity index (χ2v) is 17.3. The molecule has 296 valence electrons. The molecule has 64 heavy (non-hydrogen) atoms. The number of para-hydroxylation sites is 2. The van der Waals surface area contributed by atoms with Crippen LogP contribution < -0.4 is 0 Å². The SMILES string of the molecule is c1ccc(-c2cccc(-n3c4ccccc4c4cc(-c5ccc6c(c5)c5ccccc5n6-c5ccc6cc(-c7cc8c9c(cccc9c7)-c7ccccc7-8)ccc6c5)ccc43)c2)cc1. The Morgan fingerprint density at radius 3 is 1.45 bits per heavy atom. The van der Waals surface area contributed by atoms with E-state index in [0.29, 0.717) is 0 Å². The molecule has 0 aliphatic heterocycles. The summed E-state index contributed by atoms with van der Waals surface area (Å²) in [5.41, 5.74) is 19.8. The van der Waals surface area contributed by atoms with E-state index >= 15 is 0 Å². The van der Waals surface area contributed by atoms with E-state index in [2.05, 4.69) is 240 Å². The summed E-state index contributed by atoms with van der Waals surface area (Å²) in [6.07, 6.45) is 0. The monoisotopic (exact) mass is 810 g/mol. The van der Waals surface area contributed by atoms with Crippen LogP contribution in [-0.4, -0.2) is 9.13 Å². The molecule has 14 rings (SSSR count). The van der Waals surface area contributed by atoms with Gasteiger partial charge in [-0.2, -0.15) is 0 Å². The smallest absolute Gasteiger partial charge is 0.0541 e. The van der Waals surface area contributed by atoms with Crippen molar-refractivity contribution in [2.24, 2.45) is 0 Å². The molecule has 13 aromatic rings. The molecule has 0 radical (unpaired) electrons. The topological polar surface area (TPSA) is 9.86 Å². The van der Waals surface area contributed by atoms with Gasteiger partial charge in [0.15, 0.2) is 0 Å². The van der Waals surface area contributed by atoms with Gasteiger partial charge in [-0.25, -0.2) is 0 Å². The van der Waals surface area contributed by atoms with Gasteiger partial charge in [0, 0.05) is 32.9 Å². The maximum atomic E-state index is 2.43. The van der Waals surface area contributed by atoms with Gasteiger partial charge >= 0.3 is 0 Å². The van der Waals surface area contributed by atoms with Gasteiger partial charge in [0.05, 0.1) is 22.1 Å². The molecular weight excluding hydrogens is 773 g/mol. The first kappa shape index (κ1) is 35.2. The lowest BCUT2D eigenvalue weighted by Crippen LogP contribution is -1.94. The molecule has 2 heteroatoms. The number of aromatic nitrogens is 2. The van der Waals surface area contributed by atoms with Crippen LogP contribution in [-0.2, 0) is 0 Å². The fraction of sp³-hybridized carbons (Fsp3) is 0. The van der Waals surface area contributed by atoms with Crippen LogP contribution in [0.2, 0.25) is 0 Å². The van der Waals surface area contributed by atoms with Gasteiger partial charge in [0.1, 0.15) is 0 Å². The minimum Gasteiger partial charge on any atom is -0.309 e. The standard InChI is InChI=1S/C62H38N2/c1-2-12-39(13-3-1)40-14-10-16-48(34-40)63-58-22-8-6-19-52(58)55-36-44(27-30-60(55)63)45-28-31-61-56(37-45)53-20-7-9-23-59(53)64(61)49-29-26-41-32-42(24-25-43(41)35-49)47-33-46-15-11-21-54-50-17-4-5-18-51(50)57(38-47)62(46)54/h1-38H. The number of hydrogen-bond acceptors (Lipinski definition) is 0. The first-order valence-electron chi connectivity index (χ1n) is 22.2. The highest BCUT2D eigenvalue weighted by Crippen LogP contribution is 2.49. The number of hydrogen-bond donors (Lipinski definition) is 0. The van der Waals surface area contributed by atoms with Crippen molar-refractivity contribution < 1.29 is 0 Å². The van der Waals surface area contributed by atoms with E-state index in [0.717, 1.165) is 11.4 Å². The summed E-state index contributed by atoms with van der Waals surface area (Å²) in [6, 6.07) is 85.3. The summed E-state index contributed by atoms with van der Waals surface area (Å²) in [5.74, 6) is 0. The average Bonchev–Trinajstić information content (AvgIpc) is 4.00. The average molecular weight is 811 g/mol. The van der Waals surface area contributed by atoms with E-state index in [9.17, 15) is 0 Å². The van der Waals surface area contributed by atoms with E-state index in [4.69, 9.17) is 0 Å². The quantitative estimate of drug-likeness (QED) is 0.164. The highest BCUT2D eigenvalue weighted by molar-refractivity contribution is 6.17. The molecule has 0 N–H and O–H groups in total. The van der Waals surface area contributed by atoms with Crippen LogP contribution in [0.15, 0.2) is 231 Å². The fourth-order valence-electron chi connectivity index (χ4n) is 10.9. The van der Waals surface area contributed by atoms with Gasteiger partial charge in [-0.05, 0) is 156 Å². The van der Waals surface area contributed by atoms with Crippen LogP contribution in [0.1, 0.15) is 0 Å². The molecule has 2 nitrogen and oxygen atoms in total. The van der Waals surface area contributed by atoms with E-state index in [1.54, 1.807) is 0 Å². The lowest BCUT2D eigenvalue weighted by atomic mass is 9.95. The van der Waals surface area contributed by atoms with Crippen LogP contribution in [0, 0.1) is 0 Å². The zero-order valence-electron chi connectivity index (χ0n) is 34.8. The van der Waals surface area contributed by atoms with Gasteiger partial charge < -0.3 is 9.13 Å². The third-order valence-electron chi connectivity index (χ3n) is 13.8. The summed E-state index contributed by atoms with van der Waals surface area (Å²) in [4.78, 5) is 0. The normalized spacial score (nSPS) is 12.1. The molecule has 11 aromatic carbocycles. The minimum absolute atomic E-state index is 1.16. The summed E-state index contributed by atoms with van der Waals surface area (Å²) in [7, 11) is 0. The Kier molecular flexibility index (Phi) is 7.43. The van der Waals surface area contributed by atoms with Crippen molar-refractivity contribution in [3.8, 4) is 67.0 Å². The van der Waals surface area contributed by atoms with Crippen LogP contribution >= 0.6 is 0 Å². The third kappa shape index (κ3) is 5.20. The molecule has 0 spiro atoms. The number of nitrogens with zero attached hydrogens (tertiary/aromatic N) is 2. The Hall–Kier alpha value is -8.46. The van der Waals surface area contributed by atoms with Crippen molar-refractivity contribution in [1.29, 1.82) is 0 Å². The molecule has 0 atom stereocenters. The molecule has 0 saturated carbocycles. The Balaban J connectivity index is 0.854. The largest absolute Gasteiger partial charge is 0.309 e. The van der Waals surface area contributed by atoms with Crippen molar-refractivity contribution >= 4 is 65.2 Å². The van der Waals surface area contributed by atoms with Crippen LogP contribution in [0.3, 0.4) is 0 Å². The zero-order valence-corrected chi connectivity index (χ0v) is 34.8. The first-order chi connectivity index (χ1) is 31.7. The number of rotatable bonds is 5. The van der Waals surface area contributed by atoms with Gasteiger partial charge in [-0.3, -0.25) is 0 Å². The van der Waals surface area contributed by atoms with Crippen molar-refractivity contribution in [2.75, 3.05) is 0 Å². The maximum absolute atomic E-state index is 2.43. The molecule has 0 unspecified atom stereocenters. The van der Waals surface area contributed by atoms with Gasteiger partial charge in [-0.15, -0.1) is 0 Å². The highest BCUT2D eigenvalue weighted by Gasteiger charge is 2.22. The molecule has 0 amide bonds. The third-order valence-corrected chi connectivity index (χ3v) is 13.8. The second kappa shape index (κ2) is 13.5. The lowest BCUT2D eigenvalue weighted by Gasteiger charge is -2.12. The Bertz CT molecular complexity index is 4070. The number of benzene rings is 11. The summed E-state index contributed by atoms with van der Waals surface area (Å²) < 4.78 is 4.84. The van der Waals surface area contributed by atoms with E-state index in [-0.39, 0.29) is 0 Å². The molecule has 2 heterocycles. The van der Waals surface area contributed by atoms with Gasteiger partial charge in [-0.1, -0.05) is 152 Å². The Morgan fingerprint density at radius 2 is 0.719 bits per heavy atom. The molecule has 0 saturated heterocycles. The van der Waals surface area contributed by atoms with Crippen molar-refractivity contribution in [2.45, 2.75) is 0 Å². The summed E-state index contributed by atoms with van der Waals surface area (Å²) >= 11 is 0. The zero-order chi connectivity index (χ0) is 41.9. The predicted molar refractivity (Wildman–Crippen MR) is 271 cm³/mol. The fourth-order valence-corrected chi connectivity index (χ4v) is 10.9. The Labute approximate surface area is 370 Å². The predicted octanol–water partition coefficient (Wildman–Crippen LogP) is 16.8. The molecule has 1 aliphatic carbocycles. The van der Waals surface area contributed by atoms with Crippen LogP contribution in [0.5, 0.6) is 0 Å². The van der Waals surface area contributed by atoms with E-state index in [1.165, 1.54) is 121 Å². The summed E-state index contributed by atoms with van der Waals surface area (Å²) in [6.45, 7) is 0. The minimum atomic E-state index is 1.16. The van der Waals surface area contributed by atoms with Crippen molar-refractivity contribution in [3.05, 3.63) is 231 Å². The van der Waals surface area contributed by atoms with Crippen LogP contribution in [0.4, 0.5) is 0 Å². The molecule has 1 aliphatic rings. The second-order valence-electron chi connectivity index (χ2n) is 17.3. The van der Waals surface area contributed by atoms with E-state index < -0.39 is 0 Å². The van der Waals surface area contributed by atoms with Crippen molar-refractivity contribution in [1.82, 2.24) is 9.13 Å². The molecule has 0 fully saturated rings. The highest BCUT2D eigenvalue weighted by atomic mass is 15.0. The molecular formula is C62H38N2. The van der Waals surface area contributed by atoms with E-state index in [1.807, 2.05) is 0 Å². The van der Waals surface area contributed by atoms with Gasteiger partial charge in [0.2, 0.25) is 0 Å².